The van der Waals surface area contributed by atoms with E-state index in [9.17, 15) is 4.79 Å². The molecule has 0 fully saturated rings. The Bertz CT molecular complexity index is 529. The molecule has 0 aliphatic heterocycles. The summed E-state index contributed by atoms with van der Waals surface area (Å²) in [5.74, 6) is 1.47. The minimum atomic E-state index is 0.139. The molecule has 0 radical (unpaired) electrons. The number of benzene rings is 1. The highest BCUT2D eigenvalue weighted by Gasteiger charge is 2.00. The van der Waals surface area contributed by atoms with Crippen LogP contribution in [0.25, 0.3) is 17.4 Å². The topological polar surface area (TPSA) is 43.1 Å². The van der Waals surface area contributed by atoms with Crippen molar-refractivity contribution < 1.29 is 9.32 Å². The fourth-order valence-corrected chi connectivity index (χ4v) is 1.90. The summed E-state index contributed by atoms with van der Waals surface area (Å²) < 4.78 is 5.08. The highest BCUT2D eigenvalue weighted by molar-refractivity contribution is 8.13. The van der Waals surface area contributed by atoms with E-state index in [0.717, 1.165) is 16.9 Å². The fraction of sp³-hybridized carbons (Fsp3) is 0.143. The van der Waals surface area contributed by atoms with E-state index in [1.165, 1.54) is 11.8 Å². The molecular weight excluding hydrogens is 246 g/mol. The number of aromatic nitrogens is 1. The van der Waals surface area contributed by atoms with E-state index in [-0.39, 0.29) is 5.12 Å². The molecule has 0 amide bonds. The molecule has 0 saturated heterocycles. The summed E-state index contributed by atoms with van der Waals surface area (Å²) in [6.45, 7) is 1.57. The Morgan fingerprint density at radius 2 is 2.11 bits per heavy atom. The highest BCUT2D eigenvalue weighted by Crippen LogP contribution is 2.19. The second-order valence-corrected chi connectivity index (χ2v) is 4.90. The lowest BCUT2D eigenvalue weighted by Gasteiger charge is -1.97. The molecular formula is C14H13NO2S. The molecule has 18 heavy (non-hydrogen) atoms. The Hall–Kier alpha value is -1.81. The highest BCUT2D eigenvalue weighted by atomic mass is 32.2. The van der Waals surface area contributed by atoms with Gasteiger partial charge in [0.05, 0.1) is 6.20 Å². The third kappa shape index (κ3) is 3.60. The van der Waals surface area contributed by atoms with Crippen LogP contribution in [-0.4, -0.2) is 16.0 Å². The number of hydrogen-bond acceptors (Lipinski definition) is 4. The van der Waals surface area contributed by atoms with Crippen molar-refractivity contribution in [3.63, 3.8) is 0 Å². The molecule has 0 spiro atoms. The van der Waals surface area contributed by atoms with E-state index >= 15 is 0 Å². The van der Waals surface area contributed by atoms with Gasteiger partial charge >= 0.3 is 0 Å². The van der Waals surface area contributed by atoms with Gasteiger partial charge in [-0.3, -0.25) is 4.79 Å². The quantitative estimate of drug-likeness (QED) is 0.840. The van der Waals surface area contributed by atoms with Crippen molar-refractivity contribution >= 4 is 23.0 Å². The predicted octanol–water partition coefficient (Wildman–Crippen LogP) is 3.63. The molecule has 92 valence electrons. The van der Waals surface area contributed by atoms with Crippen molar-refractivity contribution in [1.82, 2.24) is 5.16 Å². The maximum Gasteiger partial charge on any atom is 0.186 e. The van der Waals surface area contributed by atoms with E-state index in [2.05, 4.69) is 5.16 Å². The Balaban J connectivity index is 1.98. The Kier molecular flexibility index (Phi) is 4.36. The van der Waals surface area contributed by atoms with Gasteiger partial charge in [0.25, 0.3) is 0 Å². The van der Waals surface area contributed by atoms with Crippen molar-refractivity contribution in [3.8, 4) is 11.3 Å². The number of thioether (sulfide) groups is 1. The van der Waals surface area contributed by atoms with Gasteiger partial charge in [-0.1, -0.05) is 53.3 Å². The van der Waals surface area contributed by atoms with Crippen LogP contribution in [0.4, 0.5) is 0 Å². The smallest absolute Gasteiger partial charge is 0.186 e. The first-order valence-corrected chi connectivity index (χ1v) is 6.55. The SMILES string of the molecule is CC(=O)SCC=Cc1ccc(-c2ccno2)cc1. The average Bonchev–Trinajstić information content (AvgIpc) is 2.89. The zero-order valence-corrected chi connectivity index (χ0v) is 10.8. The van der Waals surface area contributed by atoms with Gasteiger partial charge in [0.1, 0.15) is 0 Å². The maximum absolute atomic E-state index is 10.7. The summed E-state index contributed by atoms with van der Waals surface area (Å²) in [4.78, 5) is 10.7. The van der Waals surface area contributed by atoms with Gasteiger partial charge in [-0.15, -0.1) is 0 Å². The Morgan fingerprint density at radius 1 is 1.33 bits per heavy atom. The summed E-state index contributed by atoms with van der Waals surface area (Å²) >= 11 is 1.30. The largest absolute Gasteiger partial charge is 0.356 e. The van der Waals surface area contributed by atoms with Crippen LogP contribution in [0.2, 0.25) is 0 Å². The van der Waals surface area contributed by atoms with Crippen LogP contribution in [0.15, 0.2) is 47.1 Å². The molecule has 2 aromatic rings. The van der Waals surface area contributed by atoms with Crippen molar-refractivity contribution in [2.45, 2.75) is 6.92 Å². The third-order valence-corrected chi connectivity index (χ3v) is 3.09. The number of hydrogen-bond donors (Lipinski definition) is 0. The number of carbonyl (C=O) groups excluding carboxylic acids is 1. The van der Waals surface area contributed by atoms with Gasteiger partial charge in [0.2, 0.25) is 0 Å². The van der Waals surface area contributed by atoms with E-state index in [1.807, 2.05) is 42.5 Å². The lowest BCUT2D eigenvalue weighted by Crippen LogP contribution is -1.81. The first kappa shape index (κ1) is 12.6. The first-order valence-electron chi connectivity index (χ1n) is 5.57. The van der Waals surface area contributed by atoms with Gasteiger partial charge < -0.3 is 4.52 Å². The number of nitrogens with zero attached hydrogens (tertiary/aromatic N) is 1. The van der Waals surface area contributed by atoms with Crippen molar-refractivity contribution in [2.24, 2.45) is 0 Å². The Morgan fingerprint density at radius 3 is 2.72 bits per heavy atom. The molecule has 0 bridgehead atoms. The summed E-state index contributed by atoms with van der Waals surface area (Å²) in [6.07, 6.45) is 5.61. The average molecular weight is 259 g/mol. The lowest BCUT2D eigenvalue weighted by molar-refractivity contribution is -0.109. The van der Waals surface area contributed by atoms with Crippen molar-refractivity contribution in [3.05, 3.63) is 48.2 Å². The standard InChI is InChI=1S/C14H13NO2S/c1-11(16)18-10-2-3-12-4-6-13(7-5-12)14-8-9-15-17-14/h2-9H,10H2,1H3. The number of carbonyl (C=O) groups is 1. The molecule has 0 unspecified atom stereocenters. The molecule has 3 nitrogen and oxygen atoms in total. The zero-order chi connectivity index (χ0) is 12.8. The zero-order valence-electron chi connectivity index (χ0n) is 10.00. The second kappa shape index (κ2) is 6.21. The van der Waals surface area contributed by atoms with E-state index in [1.54, 1.807) is 13.1 Å². The van der Waals surface area contributed by atoms with Crippen LogP contribution in [0.5, 0.6) is 0 Å². The molecule has 0 atom stereocenters. The van der Waals surface area contributed by atoms with Crippen LogP contribution in [-0.2, 0) is 4.79 Å². The predicted molar refractivity (Wildman–Crippen MR) is 74.1 cm³/mol. The Labute approximate surface area is 110 Å². The molecule has 0 aliphatic carbocycles. The normalized spacial score (nSPS) is 10.9. The van der Waals surface area contributed by atoms with E-state index in [4.69, 9.17) is 4.52 Å². The fourth-order valence-electron chi connectivity index (χ4n) is 1.47. The maximum atomic E-state index is 10.7. The lowest BCUT2D eigenvalue weighted by atomic mass is 10.1. The van der Waals surface area contributed by atoms with E-state index < -0.39 is 0 Å². The van der Waals surface area contributed by atoms with Gasteiger partial charge in [-0.2, -0.15) is 0 Å². The molecule has 0 aliphatic rings. The minimum absolute atomic E-state index is 0.139. The van der Waals surface area contributed by atoms with Crippen molar-refractivity contribution in [1.29, 1.82) is 0 Å². The van der Waals surface area contributed by atoms with Gasteiger partial charge in [0.15, 0.2) is 10.9 Å². The first-order chi connectivity index (χ1) is 8.75. The molecule has 1 aromatic carbocycles. The molecule has 1 aromatic heterocycles. The summed E-state index contributed by atoms with van der Waals surface area (Å²) in [6, 6.07) is 9.81. The molecule has 4 heteroatoms. The van der Waals surface area contributed by atoms with E-state index in [0.29, 0.717) is 5.75 Å². The molecule has 0 saturated carbocycles. The van der Waals surface area contributed by atoms with Crippen LogP contribution >= 0.6 is 11.8 Å². The van der Waals surface area contributed by atoms with Crippen LogP contribution in [0.3, 0.4) is 0 Å². The summed E-state index contributed by atoms with van der Waals surface area (Å²) in [7, 11) is 0. The van der Waals surface area contributed by atoms with Crippen molar-refractivity contribution in [2.75, 3.05) is 5.75 Å². The van der Waals surface area contributed by atoms with Gasteiger partial charge in [0, 0.05) is 24.3 Å². The molecule has 2 rings (SSSR count). The van der Waals surface area contributed by atoms with Crippen LogP contribution in [0, 0.1) is 0 Å². The second-order valence-electron chi connectivity index (χ2n) is 3.70. The van der Waals surface area contributed by atoms with Gasteiger partial charge in [-0.25, -0.2) is 0 Å². The van der Waals surface area contributed by atoms with Gasteiger partial charge in [-0.05, 0) is 5.56 Å². The van der Waals surface area contributed by atoms with Crippen LogP contribution in [0.1, 0.15) is 12.5 Å². The summed E-state index contributed by atoms with van der Waals surface area (Å²) in [5, 5.41) is 3.81. The third-order valence-electron chi connectivity index (χ3n) is 2.33. The minimum Gasteiger partial charge on any atom is -0.356 e. The monoisotopic (exact) mass is 259 g/mol. The molecule has 1 heterocycles. The number of rotatable bonds is 4. The van der Waals surface area contributed by atoms with Crippen LogP contribution < -0.4 is 0 Å². The molecule has 0 N–H and O–H groups in total. The summed E-state index contributed by atoms with van der Waals surface area (Å²) in [5.41, 5.74) is 2.10.